The zero-order valence-electron chi connectivity index (χ0n) is 16.3. The summed E-state index contributed by atoms with van der Waals surface area (Å²) in [7, 11) is 0. The number of rotatable bonds is 4. The Kier molecular flexibility index (Phi) is 6.15. The van der Waals surface area contributed by atoms with Gasteiger partial charge in [-0.3, -0.25) is 15.0 Å². The Morgan fingerprint density at radius 1 is 1.33 bits per heavy atom. The molecule has 5 N–H and O–H groups in total. The minimum absolute atomic E-state index is 0.0563. The predicted octanol–water partition coefficient (Wildman–Crippen LogP) is -0.157. The number of hydrogen-bond acceptors (Lipinski definition) is 6. The third-order valence-corrected chi connectivity index (χ3v) is 6.16. The Bertz CT molecular complexity index is 662. The summed E-state index contributed by atoms with van der Waals surface area (Å²) in [6, 6.07) is 2.39. The van der Waals surface area contributed by atoms with Crippen molar-refractivity contribution in [3.8, 4) is 6.07 Å². The van der Waals surface area contributed by atoms with Crippen LogP contribution in [0.15, 0.2) is 11.1 Å². The molecule has 2 amide bonds. The van der Waals surface area contributed by atoms with E-state index in [9.17, 15) is 9.59 Å². The van der Waals surface area contributed by atoms with Crippen LogP contribution in [0.4, 0.5) is 0 Å². The lowest BCUT2D eigenvalue weighted by molar-refractivity contribution is -0.124. The molecule has 3 aliphatic heterocycles. The minimum Gasteiger partial charge on any atom is -0.352 e. The van der Waals surface area contributed by atoms with Crippen LogP contribution in [-0.2, 0) is 9.59 Å². The molecule has 0 aromatic carbocycles. The molecule has 5 unspecified atom stereocenters. The highest BCUT2D eigenvalue weighted by Crippen LogP contribution is 2.32. The van der Waals surface area contributed by atoms with Crippen molar-refractivity contribution in [1.82, 2.24) is 26.8 Å². The summed E-state index contributed by atoms with van der Waals surface area (Å²) in [5.74, 6) is -0.0187. The molecule has 3 heterocycles. The van der Waals surface area contributed by atoms with Gasteiger partial charge in [-0.1, -0.05) is 5.57 Å². The van der Waals surface area contributed by atoms with E-state index in [1.807, 2.05) is 13.8 Å². The topological polar surface area (TPSA) is 118 Å². The first kappa shape index (κ1) is 19.8. The van der Waals surface area contributed by atoms with Crippen molar-refractivity contribution < 1.29 is 9.59 Å². The van der Waals surface area contributed by atoms with Crippen LogP contribution in [-0.4, -0.2) is 48.6 Å². The smallest absolute Gasteiger partial charge is 0.247 e. The number of piperidine rings is 1. The van der Waals surface area contributed by atoms with Gasteiger partial charge >= 0.3 is 0 Å². The molecule has 6 atom stereocenters. The fourth-order valence-corrected chi connectivity index (χ4v) is 4.55. The number of amides is 2. The quantitative estimate of drug-likeness (QED) is 0.467. The Hall–Kier alpha value is -1.95. The van der Waals surface area contributed by atoms with Crippen molar-refractivity contribution in [1.29, 1.82) is 5.26 Å². The van der Waals surface area contributed by atoms with Crippen LogP contribution < -0.4 is 26.8 Å². The first-order chi connectivity index (χ1) is 12.9. The van der Waals surface area contributed by atoms with Gasteiger partial charge < -0.3 is 16.0 Å². The maximum Gasteiger partial charge on any atom is 0.247 e. The van der Waals surface area contributed by atoms with Gasteiger partial charge in [0.2, 0.25) is 11.8 Å². The molecule has 0 bridgehead atoms. The van der Waals surface area contributed by atoms with Crippen LogP contribution >= 0.6 is 0 Å². The number of hydrazine groups is 1. The normalized spacial score (nSPS) is 34.9. The number of carbonyl (C=O) groups excluding carboxylic acids is 2. The molecular weight excluding hydrogens is 344 g/mol. The number of nitrogens with one attached hydrogen (secondary N) is 5. The van der Waals surface area contributed by atoms with E-state index >= 15 is 0 Å². The van der Waals surface area contributed by atoms with Gasteiger partial charge in [-0.2, -0.15) is 5.26 Å². The van der Waals surface area contributed by atoms with Crippen LogP contribution in [0.2, 0.25) is 0 Å². The second-order valence-corrected chi connectivity index (χ2v) is 7.99. The minimum atomic E-state index is -0.193. The Labute approximate surface area is 160 Å². The molecule has 2 fully saturated rings. The van der Waals surface area contributed by atoms with Crippen LogP contribution in [0.25, 0.3) is 0 Å². The average molecular weight is 374 g/mol. The summed E-state index contributed by atoms with van der Waals surface area (Å²) < 4.78 is 0. The van der Waals surface area contributed by atoms with E-state index in [0.29, 0.717) is 5.57 Å². The van der Waals surface area contributed by atoms with Crippen LogP contribution in [0.5, 0.6) is 0 Å². The third-order valence-electron chi connectivity index (χ3n) is 6.16. The van der Waals surface area contributed by atoms with Crippen molar-refractivity contribution in [3.63, 3.8) is 0 Å². The maximum absolute atomic E-state index is 12.6. The van der Waals surface area contributed by atoms with Crippen molar-refractivity contribution in [2.24, 2.45) is 5.92 Å². The molecule has 148 valence electrons. The highest BCUT2D eigenvalue weighted by Gasteiger charge is 2.39. The molecule has 3 aliphatic rings. The van der Waals surface area contributed by atoms with Gasteiger partial charge in [-0.25, -0.2) is 5.43 Å². The highest BCUT2D eigenvalue weighted by molar-refractivity contribution is 6.00. The van der Waals surface area contributed by atoms with E-state index in [-0.39, 0.29) is 54.4 Å². The van der Waals surface area contributed by atoms with Crippen molar-refractivity contribution in [3.05, 3.63) is 11.1 Å². The largest absolute Gasteiger partial charge is 0.352 e. The molecule has 0 saturated carbocycles. The second-order valence-electron chi connectivity index (χ2n) is 7.99. The molecular formula is C19H30N6O2. The first-order valence-electron chi connectivity index (χ1n) is 9.84. The van der Waals surface area contributed by atoms with Crippen LogP contribution in [0, 0.1) is 17.2 Å². The van der Waals surface area contributed by atoms with Gasteiger partial charge in [0.1, 0.15) is 6.04 Å². The Morgan fingerprint density at radius 3 is 2.78 bits per heavy atom. The number of nitriles is 1. The predicted molar refractivity (Wildman–Crippen MR) is 101 cm³/mol. The lowest BCUT2D eigenvalue weighted by atomic mass is 9.76. The molecule has 0 spiro atoms. The van der Waals surface area contributed by atoms with E-state index in [1.165, 1.54) is 0 Å². The number of fused-ring (bicyclic) bond motifs is 1. The zero-order chi connectivity index (χ0) is 19.6. The first-order valence-corrected chi connectivity index (χ1v) is 9.84. The van der Waals surface area contributed by atoms with Gasteiger partial charge in [0.05, 0.1) is 12.5 Å². The second kappa shape index (κ2) is 8.38. The number of nitrogens with zero attached hydrogens (tertiary/aromatic N) is 1. The summed E-state index contributed by atoms with van der Waals surface area (Å²) in [4.78, 5) is 25.1. The highest BCUT2D eigenvalue weighted by atomic mass is 16.2. The van der Waals surface area contributed by atoms with Gasteiger partial charge in [-0.05, 0) is 46.6 Å². The third kappa shape index (κ3) is 4.32. The summed E-state index contributed by atoms with van der Waals surface area (Å²) in [5.41, 5.74) is 7.69. The van der Waals surface area contributed by atoms with E-state index in [2.05, 4.69) is 39.8 Å². The zero-order valence-corrected chi connectivity index (χ0v) is 16.3. The van der Waals surface area contributed by atoms with Gasteiger partial charge in [0.15, 0.2) is 0 Å². The molecule has 0 aliphatic carbocycles. The molecule has 27 heavy (non-hydrogen) atoms. The molecule has 8 heteroatoms. The van der Waals surface area contributed by atoms with E-state index in [4.69, 9.17) is 5.26 Å². The lowest BCUT2D eigenvalue weighted by Gasteiger charge is -2.42. The Morgan fingerprint density at radius 2 is 2.11 bits per heavy atom. The number of carbonyl (C=O) groups is 2. The lowest BCUT2D eigenvalue weighted by Crippen LogP contribution is -2.59. The maximum atomic E-state index is 12.6. The summed E-state index contributed by atoms with van der Waals surface area (Å²) in [5, 5.41) is 18.5. The fourth-order valence-electron chi connectivity index (χ4n) is 4.55. The Balaban J connectivity index is 1.60. The van der Waals surface area contributed by atoms with Gasteiger partial charge in [0, 0.05) is 35.7 Å². The average Bonchev–Trinajstić information content (AvgIpc) is 2.65. The molecule has 0 aromatic rings. The molecule has 0 aromatic heterocycles. The van der Waals surface area contributed by atoms with Crippen LogP contribution in [0.3, 0.4) is 0 Å². The van der Waals surface area contributed by atoms with E-state index < -0.39 is 0 Å². The number of hydrogen-bond donors (Lipinski definition) is 5. The van der Waals surface area contributed by atoms with Crippen molar-refractivity contribution in [2.45, 2.75) is 76.7 Å². The molecule has 2 saturated heterocycles. The molecule has 8 nitrogen and oxygen atoms in total. The molecule has 0 radical (unpaired) electrons. The van der Waals surface area contributed by atoms with Gasteiger partial charge in [0.25, 0.3) is 0 Å². The molecule has 3 rings (SSSR count). The summed E-state index contributed by atoms with van der Waals surface area (Å²) in [6.45, 7) is 6.96. The van der Waals surface area contributed by atoms with Gasteiger partial charge in [-0.15, -0.1) is 0 Å². The van der Waals surface area contributed by atoms with Crippen molar-refractivity contribution in [2.75, 3.05) is 6.54 Å². The monoisotopic (exact) mass is 374 g/mol. The summed E-state index contributed by atoms with van der Waals surface area (Å²) in [6.07, 6.45) is 2.56. The summed E-state index contributed by atoms with van der Waals surface area (Å²) >= 11 is 0. The van der Waals surface area contributed by atoms with E-state index in [0.717, 1.165) is 31.4 Å². The SMILES string of the molecule is CC1=C(CC(=O)N[C@H](C)C2CCC(C#N)NN2)C(=O)NC2CCNC(C)C12. The van der Waals surface area contributed by atoms with Crippen LogP contribution in [0.1, 0.15) is 46.5 Å². The fraction of sp³-hybridized carbons (Fsp3) is 0.737. The standard InChI is InChI=1S/C19H30N6O2/c1-10-14(19(27)23-16-6-7-21-12(3)18(10)16)8-17(26)22-11(2)15-5-4-13(9-20)24-25-15/h11-13,15-16,18,21,24-25H,4-8H2,1-3H3,(H,22,26)(H,23,27)/t11-,12?,13?,15?,16?,18?/m1/s1. The van der Waals surface area contributed by atoms with Crippen molar-refractivity contribution >= 4 is 11.8 Å². The van der Waals surface area contributed by atoms with E-state index in [1.54, 1.807) is 0 Å².